The fourth-order valence-corrected chi connectivity index (χ4v) is 3.80. The lowest BCUT2D eigenvalue weighted by molar-refractivity contribution is -0.143. The van der Waals surface area contributed by atoms with E-state index in [1.807, 2.05) is 24.3 Å². The van der Waals surface area contributed by atoms with Crippen LogP contribution < -0.4 is 0 Å². The molecule has 27 heavy (non-hydrogen) atoms. The van der Waals surface area contributed by atoms with Gasteiger partial charge in [0.15, 0.2) is 0 Å². The normalized spacial score (nSPS) is 11.6. The van der Waals surface area contributed by atoms with Crippen LogP contribution >= 0.6 is 11.3 Å². The molecule has 2 aromatic heterocycles. The number of nitrogens with zero attached hydrogens (tertiary/aromatic N) is 3. The van der Waals surface area contributed by atoms with Gasteiger partial charge < -0.3 is 4.90 Å². The number of rotatable bonds is 6. The van der Waals surface area contributed by atoms with E-state index in [2.05, 4.69) is 35.6 Å². The molecule has 3 nitrogen and oxygen atoms in total. The van der Waals surface area contributed by atoms with E-state index in [4.69, 9.17) is 0 Å². The second-order valence-corrected chi connectivity index (χ2v) is 7.23. The van der Waals surface area contributed by atoms with Crippen molar-refractivity contribution < 1.29 is 13.2 Å². The molecule has 0 radical (unpaired) electrons. The van der Waals surface area contributed by atoms with Gasteiger partial charge in [-0.3, -0.25) is 4.68 Å². The van der Waals surface area contributed by atoms with Crippen LogP contribution in [0.4, 0.5) is 13.2 Å². The van der Waals surface area contributed by atoms with Gasteiger partial charge in [-0.1, -0.05) is 36.9 Å². The van der Waals surface area contributed by atoms with E-state index in [0.29, 0.717) is 10.6 Å². The molecule has 7 heteroatoms. The SMILES string of the molecule is C=C(c1ccc(-c2cc(C(F)(F)F)n(C)n2)s1)N(CC)Cc1ccccc1. The van der Waals surface area contributed by atoms with Crippen molar-refractivity contribution in [2.45, 2.75) is 19.6 Å². The Kier molecular flexibility index (Phi) is 5.41. The molecule has 142 valence electrons. The quantitative estimate of drug-likeness (QED) is 0.541. The van der Waals surface area contributed by atoms with E-state index < -0.39 is 11.9 Å². The van der Waals surface area contributed by atoms with Crippen LogP contribution in [0.25, 0.3) is 16.3 Å². The third-order valence-corrected chi connectivity index (χ3v) is 5.45. The molecule has 2 heterocycles. The van der Waals surface area contributed by atoms with Gasteiger partial charge in [0.2, 0.25) is 0 Å². The first-order valence-corrected chi connectivity index (χ1v) is 9.31. The molecule has 0 saturated heterocycles. The summed E-state index contributed by atoms with van der Waals surface area (Å²) < 4.78 is 39.8. The van der Waals surface area contributed by atoms with E-state index in [9.17, 15) is 13.2 Å². The average molecular weight is 391 g/mol. The maximum atomic E-state index is 13.0. The number of hydrogen-bond acceptors (Lipinski definition) is 3. The monoisotopic (exact) mass is 391 g/mol. The Bertz CT molecular complexity index is 926. The molecular formula is C20H20F3N3S. The zero-order valence-electron chi connectivity index (χ0n) is 15.1. The van der Waals surface area contributed by atoms with Gasteiger partial charge in [0.1, 0.15) is 11.4 Å². The lowest BCUT2D eigenvalue weighted by atomic mass is 10.2. The molecule has 0 spiro atoms. The Hall–Kier alpha value is -2.54. The van der Waals surface area contributed by atoms with Crippen LogP contribution in [0.3, 0.4) is 0 Å². The predicted octanol–water partition coefficient (Wildman–Crippen LogP) is 5.66. The van der Waals surface area contributed by atoms with Crippen LogP contribution in [0.2, 0.25) is 0 Å². The van der Waals surface area contributed by atoms with E-state index in [1.165, 1.54) is 23.9 Å². The largest absolute Gasteiger partial charge is 0.433 e. The van der Waals surface area contributed by atoms with Crippen LogP contribution in [-0.4, -0.2) is 21.2 Å². The summed E-state index contributed by atoms with van der Waals surface area (Å²) in [7, 11) is 1.30. The third-order valence-electron chi connectivity index (χ3n) is 4.29. The maximum Gasteiger partial charge on any atom is 0.433 e. The van der Waals surface area contributed by atoms with Crippen LogP contribution in [0, 0.1) is 0 Å². The minimum Gasteiger partial charge on any atom is -0.367 e. The van der Waals surface area contributed by atoms with Gasteiger partial charge in [-0.05, 0) is 30.7 Å². The molecule has 0 unspecified atom stereocenters. The first kappa shape index (κ1) is 19.2. The number of aryl methyl sites for hydroxylation is 1. The summed E-state index contributed by atoms with van der Waals surface area (Å²) in [6.45, 7) is 7.75. The van der Waals surface area contributed by atoms with Crippen molar-refractivity contribution in [1.29, 1.82) is 0 Å². The highest BCUT2D eigenvalue weighted by atomic mass is 32.1. The molecule has 0 fully saturated rings. The number of alkyl halides is 3. The maximum absolute atomic E-state index is 13.0. The molecule has 0 atom stereocenters. The van der Waals surface area contributed by atoms with Gasteiger partial charge in [-0.15, -0.1) is 11.3 Å². The number of aromatic nitrogens is 2. The van der Waals surface area contributed by atoms with Crippen LogP contribution in [0.5, 0.6) is 0 Å². The summed E-state index contributed by atoms with van der Waals surface area (Å²) in [6.07, 6.45) is -4.42. The van der Waals surface area contributed by atoms with Gasteiger partial charge in [-0.2, -0.15) is 18.3 Å². The summed E-state index contributed by atoms with van der Waals surface area (Å²) in [5.41, 5.74) is 1.59. The van der Waals surface area contributed by atoms with Crippen molar-refractivity contribution in [3.63, 3.8) is 0 Å². The molecule has 0 aliphatic heterocycles. The third kappa shape index (κ3) is 4.24. The highest BCUT2D eigenvalue weighted by molar-refractivity contribution is 7.16. The molecule has 0 bridgehead atoms. The molecule has 0 amide bonds. The fourth-order valence-electron chi connectivity index (χ4n) is 2.84. The first-order valence-electron chi connectivity index (χ1n) is 8.49. The fraction of sp³-hybridized carbons (Fsp3) is 0.250. The van der Waals surface area contributed by atoms with E-state index >= 15 is 0 Å². The molecule has 0 saturated carbocycles. The molecule has 1 aromatic carbocycles. The van der Waals surface area contributed by atoms with Gasteiger partial charge in [0.25, 0.3) is 0 Å². The first-order chi connectivity index (χ1) is 12.8. The Morgan fingerprint density at radius 1 is 1.19 bits per heavy atom. The van der Waals surface area contributed by atoms with Crippen LogP contribution in [-0.2, 0) is 19.8 Å². The Morgan fingerprint density at radius 3 is 2.48 bits per heavy atom. The second-order valence-electron chi connectivity index (χ2n) is 6.15. The predicted molar refractivity (Wildman–Crippen MR) is 103 cm³/mol. The van der Waals surface area contributed by atoms with Crippen LogP contribution in [0.15, 0.2) is 55.1 Å². The Balaban J connectivity index is 1.81. The van der Waals surface area contributed by atoms with E-state index in [0.717, 1.165) is 34.4 Å². The molecule has 0 aliphatic carbocycles. The number of thiophene rings is 1. The van der Waals surface area contributed by atoms with Crippen molar-refractivity contribution >= 4 is 17.0 Å². The van der Waals surface area contributed by atoms with E-state index in [-0.39, 0.29) is 0 Å². The summed E-state index contributed by atoms with van der Waals surface area (Å²) in [4.78, 5) is 3.75. The Morgan fingerprint density at radius 2 is 1.89 bits per heavy atom. The van der Waals surface area contributed by atoms with Gasteiger partial charge >= 0.3 is 6.18 Å². The minimum absolute atomic E-state index is 0.319. The second kappa shape index (κ2) is 7.60. The number of hydrogen-bond donors (Lipinski definition) is 0. The number of benzene rings is 1. The Labute approximate surface area is 160 Å². The van der Waals surface area contributed by atoms with Crippen molar-refractivity contribution in [1.82, 2.24) is 14.7 Å². The summed E-state index contributed by atoms with van der Waals surface area (Å²) >= 11 is 1.40. The van der Waals surface area contributed by atoms with Crippen molar-refractivity contribution in [3.8, 4) is 10.6 Å². The zero-order valence-corrected chi connectivity index (χ0v) is 15.9. The highest BCUT2D eigenvalue weighted by Crippen LogP contribution is 2.36. The van der Waals surface area contributed by atoms with Crippen molar-refractivity contribution in [2.75, 3.05) is 6.54 Å². The lowest BCUT2D eigenvalue weighted by Crippen LogP contribution is -2.20. The van der Waals surface area contributed by atoms with Crippen molar-refractivity contribution in [2.24, 2.45) is 7.05 Å². The van der Waals surface area contributed by atoms with Gasteiger partial charge in [0.05, 0.1) is 9.75 Å². The summed E-state index contributed by atoms with van der Waals surface area (Å²) in [5.74, 6) is 0. The molecule has 3 aromatic rings. The van der Waals surface area contributed by atoms with Gasteiger partial charge in [-0.25, -0.2) is 0 Å². The van der Waals surface area contributed by atoms with Gasteiger partial charge in [0, 0.05) is 25.8 Å². The van der Waals surface area contributed by atoms with Crippen LogP contribution in [0.1, 0.15) is 23.1 Å². The van der Waals surface area contributed by atoms with Crippen molar-refractivity contribution in [3.05, 3.63) is 71.2 Å². The molecule has 0 aliphatic rings. The average Bonchev–Trinajstić information content (AvgIpc) is 3.26. The smallest absolute Gasteiger partial charge is 0.367 e. The highest BCUT2D eigenvalue weighted by Gasteiger charge is 2.35. The number of halogens is 3. The molecular weight excluding hydrogens is 371 g/mol. The topological polar surface area (TPSA) is 21.1 Å². The molecule has 3 rings (SSSR count). The van der Waals surface area contributed by atoms with E-state index in [1.54, 1.807) is 6.07 Å². The standard InChI is InChI=1S/C20H20F3N3S/c1-4-26(13-15-8-6-5-7-9-15)14(2)17-10-11-18(27-17)16-12-19(20(21,22)23)25(3)24-16/h5-12H,2,4,13H2,1,3H3. The molecule has 0 N–H and O–H groups in total. The summed E-state index contributed by atoms with van der Waals surface area (Å²) in [6, 6.07) is 14.8. The summed E-state index contributed by atoms with van der Waals surface area (Å²) in [5, 5.41) is 4.02. The lowest BCUT2D eigenvalue weighted by Gasteiger charge is -2.24. The zero-order chi connectivity index (χ0) is 19.6. The minimum atomic E-state index is -4.42.